The van der Waals surface area contributed by atoms with Crippen molar-refractivity contribution in [2.75, 3.05) is 7.05 Å². The second-order valence-corrected chi connectivity index (χ2v) is 2.47. The van der Waals surface area contributed by atoms with Crippen molar-refractivity contribution in [1.29, 1.82) is 0 Å². The van der Waals surface area contributed by atoms with Crippen molar-refractivity contribution in [2.24, 2.45) is 5.92 Å². The molecule has 1 aliphatic rings. The van der Waals surface area contributed by atoms with E-state index in [1.54, 1.807) is 11.9 Å². The molecule has 0 radical (unpaired) electrons. The number of hydrogen-bond acceptors (Lipinski definition) is 1. The lowest BCUT2D eigenvalue weighted by Crippen LogP contribution is -2.29. The molecule has 50 valence electrons. The molecule has 0 aliphatic carbocycles. The first-order chi connectivity index (χ1) is 4.22. The zero-order valence-electron chi connectivity index (χ0n) is 5.79. The van der Waals surface area contributed by atoms with E-state index >= 15 is 0 Å². The fourth-order valence-electron chi connectivity index (χ4n) is 0.945. The lowest BCUT2D eigenvalue weighted by molar-refractivity contribution is -0.131. The molecule has 1 unspecified atom stereocenters. The normalized spacial score (nSPS) is 27.1. The molecule has 0 bridgehead atoms. The van der Waals surface area contributed by atoms with Crippen LogP contribution in [0.4, 0.5) is 0 Å². The lowest BCUT2D eigenvalue weighted by atomic mass is 10.0. The van der Waals surface area contributed by atoms with Crippen molar-refractivity contribution in [1.82, 2.24) is 4.90 Å². The van der Waals surface area contributed by atoms with E-state index in [-0.39, 0.29) is 11.8 Å². The monoisotopic (exact) mass is 125 g/mol. The van der Waals surface area contributed by atoms with Crippen molar-refractivity contribution < 1.29 is 4.79 Å². The fourth-order valence-corrected chi connectivity index (χ4v) is 0.945. The van der Waals surface area contributed by atoms with Crippen LogP contribution in [0.25, 0.3) is 0 Å². The summed E-state index contributed by atoms with van der Waals surface area (Å²) in [5.74, 6) is 0.400. The molecule has 0 fully saturated rings. The Bertz CT molecular complexity index is 151. The highest BCUT2D eigenvalue weighted by atomic mass is 16.2. The summed E-state index contributed by atoms with van der Waals surface area (Å²) in [5.41, 5.74) is 0. The van der Waals surface area contributed by atoms with Gasteiger partial charge in [0.05, 0.1) is 0 Å². The third kappa shape index (κ3) is 1.12. The Labute approximate surface area is 55.2 Å². The van der Waals surface area contributed by atoms with Gasteiger partial charge in [0, 0.05) is 19.2 Å². The summed E-state index contributed by atoms with van der Waals surface area (Å²) < 4.78 is 0. The van der Waals surface area contributed by atoms with E-state index in [9.17, 15) is 4.79 Å². The summed E-state index contributed by atoms with van der Waals surface area (Å²) in [5, 5.41) is 0. The first-order valence-corrected chi connectivity index (χ1v) is 3.15. The summed E-state index contributed by atoms with van der Waals surface area (Å²) in [4.78, 5) is 12.6. The van der Waals surface area contributed by atoms with Crippen LogP contribution >= 0.6 is 0 Å². The molecular formula is C7H11NO. The SMILES string of the molecule is CC1CC=CN(C)C1=O. The highest BCUT2D eigenvalue weighted by molar-refractivity contribution is 5.80. The number of rotatable bonds is 0. The molecule has 2 heteroatoms. The molecule has 0 saturated carbocycles. The van der Waals surface area contributed by atoms with Gasteiger partial charge in [-0.25, -0.2) is 0 Å². The standard InChI is InChI=1S/C7H11NO/c1-6-4-3-5-8(2)7(6)9/h3,5-6H,4H2,1-2H3. The predicted molar refractivity (Wildman–Crippen MR) is 35.7 cm³/mol. The highest BCUT2D eigenvalue weighted by Gasteiger charge is 2.17. The Balaban J connectivity index is 2.69. The third-order valence-corrected chi connectivity index (χ3v) is 1.59. The zero-order valence-corrected chi connectivity index (χ0v) is 5.79. The Morgan fingerprint density at radius 1 is 1.78 bits per heavy atom. The fraction of sp³-hybridized carbons (Fsp3) is 0.571. The minimum absolute atomic E-state index is 0.181. The maximum absolute atomic E-state index is 11.0. The van der Waals surface area contributed by atoms with Crippen LogP contribution in [0.3, 0.4) is 0 Å². The molecule has 0 spiro atoms. The molecule has 1 atom stereocenters. The smallest absolute Gasteiger partial charge is 0.229 e. The average molecular weight is 125 g/mol. The predicted octanol–water partition coefficient (Wildman–Crippen LogP) is 0.998. The molecule has 0 saturated heterocycles. The van der Waals surface area contributed by atoms with Gasteiger partial charge >= 0.3 is 0 Å². The summed E-state index contributed by atoms with van der Waals surface area (Å²) >= 11 is 0. The van der Waals surface area contributed by atoms with Crippen LogP contribution in [0.2, 0.25) is 0 Å². The molecule has 2 nitrogen and oxygen atoms in total. The van der Waals surface area contributed by atoms with E-state index in [4.69, 9.17) is 0 Å². The third-order valence-electron chi connectivity index (χ3n) is 1.59. The van der Waals surface area contributed by atoms with E-state index < -0.39 is 0 Å². The van der Waals surface area contributed by atoms with Crippen molar-refractivity contribution in [3.05, 3.63) is 12.3 Å². The number of carbonyl (C=O) groups excluding carboxylic acids is 1. The number of carbonyl (C=O) groups is 1. The van der Waals surface area contributed by atoms with Crippen LogP contribution in [-0.4, -0.2) is 17.9 Å². The Morgan fingerprint density at radius 3 is 2.89 bits per heavy atom. The minimum atomic E-state index is 0.181. The first-order valence-electron chi connectivity index (χ1n) is 3.15. The van der Waals surface area contributed by atoms with Crippen LogP contribution < -0.4 is 0 Å². The molecule has 0 aromatic carbocycles. The van der Waals surface area contributed by atoms with E-state index in [1.165, 1.54) is 0 Å². The van der Waals surface area contributed by atoms with Gasteiger partial charge < -0.3 is 4.90 Å². The van der Waals surface area contributed by atoms with Crippen molar-refractivity contribution in [3.63, 3.8) is 0 Å². The molecular weight excluding hydrogens is 114 g/mol. The van der Waals surface area contributed by atoms with Crippen LogP contribution in [0.15, 0.2) is 12.3 Å². The van der Waals surface area contributed by atoms with Crippen LogP contribution in [0.5, 0.6) is 0 Å². The minimum Gasteiger partial charge on any atom is -0.322 e. The summed E-state index contributed by atoms with van der Waals surface area (Å²) in [6, 6.07) is 0. The van der Waals surface area contributed by atoms with E-state index in [2.05, 4.69) is 0 Å². The highest BCUT2D eigenvalue weighted by Crippen LogP contribution is 2.12. The number of allylic oxidation sites excluding steroid dienone is 1. The Morgan fingerprint density at radius 2 is 2.44 bits per heavy atom. The number of nitrogens with zero attached hydrogens (tertiary/aromatic N) is 1. The number of amides is 1. The van der Waals surface area contributed by atoms with Crippen molar-refractivity contribution >= 4 is 5.91 Å². The van der Waals surface area contributed by atoms with Gasteiger partial charge in [0.2, 0.25) is 5.91 Å². The second-order valence-electron chi connectivity index (χ2n) is 2.47. The Hall–Kier alpha value is -0.790. The largest absolute Gasteiger partial charge is 0.322 e. The van der Waals surface area contributed by atoms with Gasteiger partial charge in [-0.2, -0.15) is 0 Å². The maximum Gasteiger partial charge on any atom is 0.229 e. The van der Waals surface area contributed by atoms with Gasteiger partial charge in [0.25, 0.3) is 0 Å². The van der Waals surface area contributed by atoms with Gasteiger partial charge in [-0.3, -0.25) is 4.79 Å². The zero-order chi connectivity index (χ0) is 6.85. The van der Waals surface area contributed by atoms with Crippen LogP contribution in [-0.2, 0) is 4.79 Å². The molecule has 0 aromatic rings. The second kappa shape index (κ2) is 2.21. The van der Waals surface area contributed by atoms with Gasteiger partial charge in [0.1, 0.15) is 0 Å². The molecule has 9 heavy (non-hydrogen) atoms. The van der Waals surface area contributed by atoms with Gasteiger partial charge in [0.15, 0.2) is 0 Å². The first kappa shape index (κ1) is 6.33. The van der Waals surface area contributed by atoms with E-state index in [0.29, 0.717) is 0 Å². The lowest BCUT2D eigenvalue weighted by Gasteiger charge is -2.20. The molecule has 1 amide bonds. The van der Waals surface area contributed by atoms with Crippen LogP contribution in [0, 0.1) is 5.92 Å². The molecule has 0 N–H and O–H groups in total. The molecule has 1 rings (SSSR count). The summed E-state index contributed by atoms with van der Waals surface area (Å²) in [6.45, 7) is 1.95. The van der Waals surface area contributed by atoms with Crippen molar-refractivity contribution in [2.45, 2.75) is 13.3 Å². The maximum atomic E-state index is 11.0. The summed E-state index contributed by atoms with van der Waals surface area (Å²) in [6.07, 6.45) is 4.73. The molecule has 1 heterocycles. The summed E-state index contributed by atoms with van der Waals surface area (Å²) in [7, 11) is 1.79. The number of hydrogen-bond donors (Lipinski definition) is 0. The topological polar surface area (TPSA) is 20.3 Å². The van der Waals surface area contributed by atoms with Gasteiger partial charge in [-0.05, 0) is 6.42 Å². The average Bonchev–Trinajstić information content (AvgIpc) is 1.83. The van der Waals surface area contributed by atoms with Crippen molar-refractivity contribution in [3.8, 4) is 0 Å². The van der Waals surface area contributed by atoms with E-state index in [0.717, 1.165) is 6.42 Å². The molecule has 1 aliphatic heterocycles. The quantitative estimate of drug-likeness (QED) is 0.473. The molecule has 0 aromatic heterocycles. The van der Waals surface area contributed by atoms with E-state index in [1.807, 2.05) is 19.2 Å². The van der Waals surface area contributed by atoms with Gasteiger partial charge in [-0.15, -0.1) is 0 Å². The van der Waals surface area contributed by atoms with Gasteiger partial charge in [-0.1, -0.05) is 13.0 Å². The van der Waals surface area contributed by atoms with Crippen LogP contribution in [0.1, 0.15) is 13.3 Å². The Kier molecular flexibility index (Phi) is 1.56.